The Hall–Kier alpha value is -4.99. The van der Waals surface area contributed by atoms with Crippen LogP contribution < -0.4 is 5.32 Å². The SMILES string of the molecule is CC(=O)Nc1c(/C=C/c2ccc([N+](=O)[O-])cc2[N+](=O)[O-])ccc2c1C(=O)c1ccccc1C2=O. The van der Waals surface area contributed by atoms with Crippen molar-refractivity contribution in [2.75, 3.05) is 5.32 Å². The molecule has 10 nitrogen and oxygen atoms in total. The van der Waals surface area contributed by atoms with E-state index >= 15 is 0 Å². The van der Waals surface area contributed by atoms with Gasteiger partial charge in [-0.1, -0.05) is 36.4 Å². The van der Waals surface area contributed by atoms with Gasteiger partial charge < -0.3 is 5.32 Å². The van der Waals surface area contributed by atoms with Crippen molar-refractivity contribution >= 4 is 46.7 Å². The number of ketones is 2. The molecule has 3 aromatic rings. The van der Waals surface area contributed by atoms with Crippen LogP contribution in [0.25, 0.3) is 12.2 Å². The molecule has 1 amide bonds. The molecule has 168 valence electrons. The highest BCUT2D eigenvalue weighted by Gasteiger charge is 2.32. The van der Waals surface area contributed by atoms with E-state index in [1.165, 1.54) is 43.3 Å². The summed E-state index contributed by atoms with van der Waals surface area (Å²) in [5.41, 5.74) is 0.210. The third kappa shape index (κ3) is 3.84. The van der Waals surface area contributed by atoms with Gasteiger partial charge in [0.05, 0.1) is 32.7 Å². The average molecular weight is 457 g/mol. The predicted molar refractivity (Wildman–Crippen MR) is 123 cm³/mol. The maximum absolute atomic E-state index is 13.2. The third-order valence-corrected chi connectivity index (χ3v) is 5.29. The number of amides is 1. The number of nitrogens with one attached hydrogen (secondary N) is 1. The smallest absolute Gasteiger partial charge is 0.283 e. The Bertz CT molecular complexity index is 1460. The fourth-order valence-electron chi connectivity index (χ4n) is 3.78. The van der Waals surface area contributed by atoms with Crippen molar-refractivity contribution in [3.8, 4) is 0 Å². The van der Waals surface area contributed by atoms with Crippen molar-refractivity contribution in [1.29, 1.82) is 0 Å². The Labute approximate surface area is 191 Å². The fraction of sp³-hybridized carbons (Fsp3) is 0.0417. The maximum Gasteiger partial charge on any atom is 0.283 e. The van der Waals surface area contributed by atoms with Crippen LogP contribution in [0.2, 0.25) is 0 Å². The molecular formula is C24H15N3O7. The monoisotopic (exact) mass is 457 g/mol. The van der Waals surface area contributed by atoms with Crippen LogP contribution in [0.1, 0.15) is 49.9 Å². The van der Waals surface area contributed by atoms with Crippen LogP contribution in [0.4, 0.5) is 17.1 Å². The van der Waals surface area contributed by atoms with Crippen LogP contribution in [0.5, 0.6) is 0 Å². The first-order chi connectivity index (χ1) is 16.2. The van der Waals surface area contributed by atoms with E-state index in [-0.39, 0.29) is 39.3 Å². The molecule has 0 unspecified atom stereocenters. The molecule has 34 heavy (non-hydrogen) atoms. The van der Waals surface area contributed by atoms with E-state index in [9.17, 15) is 34.6 Å². The second-order valence-corrected chi connectivity index (χ2v) is 7.43. The summed E-state index contributed by atoms with van der Waals surface area (Å²) in [4.78, 5) is 59.0. The van der Waals surface area contributed by atoms with E-state index < -0.39 is 32.9 Å². The number of hydrogen-bond acceptors (Lipinski definition) is 7. The lowest BCUT2D eigenvalue weighted by Gasteiger charge is -2.21. The van der Waals surface area contributed by atoms with Crippen LogP contribution in [-0.4, -0.2) is 27.3 Å². The predicted octanol–water partition coefficient (Wildman–Crippen LogP) is 4.41. The quantitative estimate of drug-likeness (QED) is 0.265. The Balaban J connectivity index is 1.86. The summed E-state index contributed by atoms with van der Waals surface area (Å²) in [5.74, 6) is -1.28. The number of benzene rings is 3. The van der Waals surface area contributed by atoms with Gasteiger partial charge >= 0.3 is 0 Å². The molecule has 0 saturated carbocycles. The molecular weight excluding hydrogens is 442 g/mol. The van der Waals surface area contributed by atoms with Gasteiger partial charge in [-0.15, -0.1) is 0 Å². The summed E-state index contributed by atoms with van der Waals surface area (Å²) in [6, 6.07) is 12.5. The first-order valence-corrected chi connectivity index (χ1v) is 9.93. The van der Waals surface area contributed by atoms with E-state index in [1.807, 2.05) is 0 Å². The van der Waals surface area contributed by atoms with Crippen molar-refractivity contribution in [3.05, 3.63) is 108 Å². The summed E-state index contributed by atoms with van der Waals surface area (Å²) in [6.07, 6.45) is 2.77. The van der Waals surface area contributed by atoms with Crippen molar-refractivity contribution in [3.63, 3.8) is 0 Å². The zero-order valence-corrected chi connectivity index (χ0v) is 17.6. The summed E-state index contributed by atoms with van der Waals surface area (Å²) < 4.78 is 0. The number of nitrogens with zero attached hydrogens (tertiary/aromatic N) is 2. The van der Waals surface area contributed by atoms with Gasteiger partial charge in [-0.05, 0) is 23.8 Å². The topological polar surface area (TPSA) is 150 Å². The minimum absolute atomic E-state index is 0.0271. The van der Waals surface area contributed by atoms with Gasteiger partial charge in [0.15, 0.2) is 11.6 Å². The van der Waals surface area contributed by atoms with Crippen LogP contribution in [0.15, 0.2) is 54.6 Å². The lowest BCUT2D eigenvalue weighted by molar-refractivity contribution is -0.394. The number of rotatable bonds is 5. The molecule has 0 atom stereocenters. The average Bonchev–Trinajstić information content (AvgIpc) is 2.81. The minimum atomic E-state index is -0.743. The maximum atomic E-state index is 13.2. The summed E-state index contributed by atoms with van der Waals surface area (Å²) in [6.45, 7) is 1.25. The van der Waals surface area contributed by atoms with Gasteiger partial charge in [0.2, 0.25) is 5.91 Å². The molecule has 0 bridgehead atoms. The van der Waals surface area contributed by atoms with Crippen molar-refractivity contribution in [2.45, 2.75) is 6.92 Å². The lowest BCUT2D eigenvalue weighted by atomic mass is 9.82. The van der Waals surface area contributed by atoms with Crippen LogP contribution in [-0.2, 0) is 4.79 Å². The zero-order chi connectivity index (χ0) is 24.6. The van der Waals surface area contributed by atoms with Gasteiger partial charge in [-0.25, -0.2) is 0 Å². The largest absolute Gasteiger partial charge is 0.325 e. The van der Waals surface area contributed by atoms with E-state index in [1.54, 1.807) is 18.2 Å². The molecule has 4 rings (SSSR count). The Kier molecular flexibility index (Phi) is 5.56. The third-order valence-electron chi connectivity index (χ3n) is 5.29. The summed E-state index contributed by atoms with van der Waals surface area (Å²) in [5, 5.41) is 25.0. The Morgan fingerprint density at radius 1 is 0.824 bits per heavy atom. The molecule has 0 aromatic heterocycles. The van der Waals surface area contributed by atoms with E-state index in [2.05, 4.69) is 5.32 Å². The number of nitro benzene ring substituents is 2. The molecule has 1 N–H and O–H groups in total. The number of carbonyl (C=O) groups excluding carboxylic acids is 3. The number of nitro groups is 2. The highest BCUT2D eigenvalue weighted by Crippen LogP contribution is 2.35. The molecule has 10 heteroatoms. The first-order valence-electron chi connectivity index (χ1n) is 9.93. The normalized spacial score (nSPS) is 12.3. The molecule has 0 fully saturated rings. The number of non-ortho nitro benzene ring substituents is 1. The molecule has 0 aliphatic heterocycles. The summed E-state index contributed by atoms with van der Waals surface area (Å²) in [7, 11) is 0. The second-order valence-electron chi connectivity index (χ2n) is 7.43. The summed E-state index contributed by atoms with van der Waals surface area (Å²) >= 11 is 0. The van der Waals surface area contributed by atoms with Crippen molar-refractivity contribution in [1.82, 2.24) is 0 Å². The Morgan fingerprint density at radius 2 is 1.44 bits per heavy atom. The van der Waals surface area contributed by atoms with E-state index in [0.717, 1.165) is 12.1 Å². The number of fused-ring (bicyclic) bond motifs is 2. The highest BCUT2D eigenvalue weighted by molar-refractivity contribution is 6.31. The second kappa shape index (κ2) is 8.51. The molecule has 0 spiro atoms. The van der Waals surface area contributed by atoms with E-state index in [4.69, 9.17) is 0 Å². The molecule has 0 radical (unpaired) electrons. The Morgan fingerprint density at radius 3 is 2.06 bits per heavy atom. The van der Waals surface area contributed by atoms with Gasteiger partial charge in [-0.2, -0.15) is 0 Å². The number of hydrogen-bond donors (Lipinski definition) is 1. The number of carbonyl (C=O) groups is 3. The molecule has 3 aromatic carbocycles. The van der Waals surface area contributed by atoms with Crippen molar-refractivity contribution in [2.24, 2.45) is 0 Å². The highest BCUT2D eigenvalue weighted by atomic mass is 16.6. The molecule has 0 saturated heterocycles. The van der Waals surface area contributed by atoms with Crippen molar-refractivity contribution < 1.29 is 24.2 Å². The van der Waals surface area contributed by atoms with Crippen LogP contribution in [0.3, 0.4) is 0 Å². The van der Waals surface area contributed by atoms with Gasteiger partial charge in [0.25, 0.3) is 11.4 Å². The fourth-order valence-corrected chi connectivity index (χ4v) is 3.78. The van der Waals surface area contributed by atoms with Crippen LogP contribution >= 0.6 is 0 Å². The van der Waals surface area contributed by atoms with Gasteiger partial charge in [0.1, 0.15) is 0 Å². The molecule has 1 aliphatic rings. The molecule has 1 aliphatic carbocycles. The minimum Gasteiger partial charge on any atom is -0.325 e. The van der Waals surface area contributed by atoms with E-state index in [0.29, 0.717) is 5.56 Å². The van der Waals surface area contributed by atoms with Gasteiger partial charge in [-0.3, -0.25) is 34.6 Å². The van der Waals surface area contributed by atoms with Crippen LogP contribution in [0, 0.1) is 20.2 Å². The zero-order valence-electron chi connectivity index (χ0n) is 17.6. The van der Waals surface area contributed by atoms with Gasteiger partial charge in [0, 0.05) is 29.7 Å². The molecule has 0 heterocycles. The lowest BCUT2D eigenvalue weighted by Crippen LogP contribution is -2.24. The first kappa shape index (κ1) is 22.2. The number of anilines is 1. The standard InChI is InChI=1S/C24H15N3O7/c1-13(28)25-22-15(7-6-14-8-10-16(26(31)32)12-20(14)27(33)34)9-11-19-21(22)24(30)18-5-3-2-4-17(18)23(19)29/h2-12H,1H3,(H,25,28)/b7-6+.